The van der Waals surface area contributed by atoms with Crippen LogP contribution in [0.2, 0.25) is 0 Å². The van der Waals surface area contributed by atoms with Gasteiger partial charge in [0.2, 0.25) is 5.91 Å². The third kappa shape index (κ3) is 4.29. The number of rotatable bonds is 7. The van der Waals surface area contributed by atoms with Gasteiger partial charge in [0.1, 0.15) is 22.8 Å². The highest BCUT2D eigenvalue weighted by molar-refractivity contribution is 7.17. The van der Waals surface area contributed by atoms with Crippen LogP contribution in [0.5, 0.6) is 5.75 Å². The molecule has 0 aliphatic rings. The summed E-state index contributed by atoms with van der Waals surface area (Å²) in [5.74, 6) is 1.08. The average Bonchev–Trinajstić information content (AvgIpc) is 3.39. The summed E-state index contributed by atoms with van der Waals surface area (Å²) >= 11 is 1.23. The normalized spacial score (nSPS) is 11.0. The lowest BCUT2D eigenvalue weighted by Crippen LogP contribution is -2.41. The minimum Gasteiger partial charge on any atom is -0.494 e. The van der Waals surface area contributed by atoms with Gasteiger partial charge in [0.25, 0.3) is 5.56 Å². The van der Waals surface area contributed by atoms with E-state index in [0.717, 1.165) is 10.1 Å². The maximum Gasteiger partial charge on any atom is 0.332 e. The molecule has 0 bridgehead atoms. The van der Waals surface area contributed by atoms with E-state index in [4.69, 9.17) is 9.26 Å². The first kappa shape index (κ1) is 20.6. The Morgan fingerprint density at radius 3 is 2.65 bits per heavy atom. The molecule has 0 saturated carbocycles. The monoisotopic (exact) mass is 440 g/mol. The Morgan fingerprint density at radius 2 is 1.97 bits per heavy atom. The molecule has 0 unspecified atom stereocenters. The summed E-state index contributed by atoms with van der Waals surface area (Å²) in [6.07, 6.45) is 0. The van der Waals surface area contributed by atoms with Crippen LogP contribution < -0.4 is 21.3 Å². The quantitative estimate of drug-likeness (QED) is 0.473. The number of hydrogen-bond donors (Lipinski definition) is 1. The number of benzene rings is 1. The second-order valence-corrected chi connectivity index (χ2v) is 7.76. The highest BCUT2D eigenvalue weighted by Gasteiger charge is 2.17. The Balaban J connectivity index is 1.67. The number of nitrogens with zero attached hydrogens (tertiary/aromatic N) is 3. The van der Waals surface area contributed by atoms with Crippen LogP contribution in [0, 0.1) is 6.92 Å². The largest absolute Gasteiger partial charge is 0.494 e. The minimum absolute atomic E-state index is 0.0853. The van der Waals surface area contributed by atoms with Gasteiger partial charge < -0.3 is 14.6 Å². The maximum atomic E-state index is 13.2. The summed E-state index contributed by atoms with van der Waals surface area (Å²) in [5.41, 5.74) is 0.256. The van der Waals surface area contributed by atoms with Crippen molar-refractivity contribution in [1.82, 2.24) is 14.3 Å². The number of nitrogens with one attached hydrogen (secondary N) is 1. The third-order valence-electron chi connectivity index (χ3n) is 4.61. The molecule has 1 aromatic carbocycles. The number of aryl methyl sites for hydroxylation is 1. The van der Waals surface area contributed by atoms with Gasteiger partial charge in [0.05, 0.1) is 18.7 Å². The molecule has 0 atom stereocenters. The van der Waals surface area contributed by atoms with Crippen molar-refractivity contribution in [1.29, 1.82) is 0 Å². The molecular weight excluding hydrogens is 420 g/mol. The van der Waals surface area contributed by atoms with Crippen LogP contribution >= 0.6 is 11.3 Å². The molecule has 4 rings (SSSR count). The average molecular weight is 440 g/mol. The number of thiophene rings is 1. The van der Waals surface area contributed by atoms with Gasteiger partial charge in [-0.25, -0.2) is 4.79 Å². The molecule has 0 spiro atoms. The van der Waals surface area contributed by atoms with Gasteiger partial charge in [0.15, 0.2) is 5.82 Å². The lowest BCUT2D eigenvalue weighted by Gasteiger charge is -2.12. The van der Waals surface area contributed by atoms with Crippen molar-refractivity contribution >= 4 is 33.3 Å². The number of ether oxygens (including phenoxy) is 1. The molecule has 0 aliphatic heterocycles. The van der Waals surface area contributed by atoms with E-state index in [1.54, 1.807) is 48.7 Å². The summed E-state index contributed by atoms with van der Waals surface area (Å²) in [7, 11) is 0. The molecule has 1 N–H and O–H groups in total. The number of carbonyl (C=O) groups is 1. The van der Waals surface area contributed by atoms with E-state index in [0.29, 0.717) is 28.3 Å². The van der Waals surface area contributed by atoms with E-state index in [1.165, 1.54) is 15.9 Å². The molecule has 9 nitrogen and oxygen atoms in total. The Kier molecular flexibility index (Phi) is 5.72. The molecule has 0 radical (unpaired) electrons. The molecule has 0 saturated heterocycles. The molecule has 3 heterocycles. The highest BCUT2D eigenvalue weighted by Crippen LogP contribution is 2.17. The van der Waals surface area contributed by atoms with Crippen molar-refractivity contribution < 1.29 is 14.1 Å². The van der Waals surface area contributed by atoms with Crippen LogP contribution in [0.15, 0.2) is 55.9 Å². The number of aromatic nitrogens is 3. The van der Waals surface area contributed by atoms with Crippen molar-refractivity contribution in [3.05, 3.63) is 73.9 Å². The van der Waals surface area contributed by atoms with E-state index in [-0.39, 0.29) is 24.5 Å². The molecule has 1 amide bonds. The van der Waals surface area contributed by atoms with Gasteiger partial charge in [-0.2, -0.15) is 0 Å². The fraction of sp³-hybridized carbons (Fsp3) is 0.238. The fourth-order valence-electron chi connectivity index (χ4n) is 3.22. The summed E-state index contributed by atoms with van der Waals surface area (Å²) < 4.78 is 13.2. The van der Waals surface area contributed by atoms with E-state index in [9.17, 15) is 14.4 Å². The second-order valence-electron chi connectivity index (χ2n) is 6.84. The van der Waals surface area contributed by atoms with E-state index in [2.05, 4.69) is 10.5 Å². The van der Waals surface area contributed by atoms with Gasteiger partial charge in [0, 0.05) is 6.07 Å². The molecule has 0 aliphatic carbocycles. The van der Waals surface area contributed by atoms with Gasteiger partial charge in [-0.1, -0.05) is 17.3 Å². The van der Waals surface area contributed by atoms with Crippen LogP contribution in [-0.2, 0) is 17.9 Å². The zero-order valence-electron chi connectivity index (χ0n) is 17.0. The van der Waals surface area contributed by atoms with Crippen molar-refractivity contribution in [2.24, 2.45) is 0 Å². The first-order valence-electron chi connectivity index (χ1n) is 9.62. The molecular formula is C21H20N4O5S. The highest BCUT2D eigenvalue weighted by atomic mass is 32.1. The molecule has 31 heavy (non-hydrogen) atoms. The Hall–Kier alpha value is -3.66. The summed E-state index contributed by atoms with van der Waals surface area (Å²) in [6, 6.07) is 10.4. The van der Waals surface area contributed by atoms with Crippen molar-refractivity contribution in [3.63, 3.8) is 0 Å². The zero-order chi connectivity index (χ0) is 22.0. The first-order chi connectivity index (χ1) is 15.0. The second kappa shape index (κ2) is 8.60. The maximum absolute atomic E-state index is 13.2. The van der Waals surface area contributed by atoms with Gasteiger partial charge >= 0.3 is 5.69 Å². The van der Waals surface area contributed by atoms with Crippen LogP contribution in [0.25, 0.3) is 10.2 Å². The topological polar surface area (TPSA) is 108 Å². The lowest BCUT2D eigenvalue weighted by molar-refractivity contribution is -0.116. The van der Waals surface area contributed by atoms with Crippen LogP contribution in [-0.4, -0.2) is 26.8 Å². The van der Waals surface area contributed by atoms with Crippen LogP contribution in [0.4, 0.5) is 5.82 Å². The summed E-state index contributed by atoms with van der Waals surface area (Å²) in [5, 5.41) is 8.04. The third-order valence-corrected chi connectivity index (χ3v) is 5.50. The fourth-order valence-corrected chi connectivity index (χ4v) is 4.06. The predicted molar refractivity (Wildman–Crippen MR) is 117 cm³/mol. The van der Waals surface area contributed by atoms with Gasteiger partial charge in [-0.05, 0) is 43.0 Å². The Labute approximate surface area is 180 Å². The number of amides is 1. The van der Waals surface area contributed by atoms with E-state index in [1.807, 2.05) is 6.92 Å². The SMILES string of the molecule is CCOc1ccc(Cn2c(=O)c3sccc3n(CC(=O)Nc3cc(C)on3)c2=O)cc1. The minimum atomic E-state index is -0.559. The molecule has 3 aromatic heterocycles. The molecule has 160 valence electrons. The van der Waals surface area contributed by atoms with Crippen molar-refractivity contribution in [2.45, 2.75) is 26.9 Å². The van der Waals surface area contributed by atoms with Crippen LogP contribution in [0.3, 0.4) is 0 Å². The van der Waals surface area contributed by atoms with Crippen molar-refractivity contribution in [3.8, 4) is 5.75 Å². The number of hydrogen-bond acceptors (Lipinski definition) is 7. The Morgan fingerprint density at radius 1 is 1.19 bits per heavy atom. The van der Waals surface area contributed by atoms with Crippen molar-refractivity contribution in [2.75, 3.05) is 11.9 Å². The van der Waals surface area contributed by atoms with E-state index < -0.39 is 11.6 Å². The molecule has 0 fully saturated rings. The number of fused-ring (bicyclic) bond motifs is 1. The standard InChI is InChI=1S/C21H20N4O5S/c1-3-29-15-6-4-14(5-7-15)11-25-20(27)19-16(8-9-31-19)24(21(25)28)12-18(26)22-17-10-13(2)30-23-17/h4-10H,3,11-12H2,1-2H3,(H,22,23,26). The van der Waals surface area contributed by atoms with Gasteiger partial charge in [-0.3, -0.25) is 18.7 Å². The molecule has 4 aromatic rings. The predicted octanol–water partition coefficient (Wildman–Crippen LogP) is 2.61. The first-order valence-corrected chi connectivity index (χ1v) is 10.5. The summed E-state index contributed by atoms with van der Waals surface area (Å²) in [6.45, 7) is 3.98. The number of anilines is 1. The lowest BCUT2D eigenvalue weighted by atomic mass is 10.2. The molecule has 10 heteroatoms. The van der Waals surface area contributed by atoms with Gasteiger partial charge in [-0.15, -0.1) is 11.3 Å². The smallest absolute Gasteiger partial charge is 0.332 e. The van der Waals surface area contributed by atoms with E-state index >= 15 is 0 Å². The number of carbonyl (C=O) groups excluding carboxylic acids is 1. The zero-order valence-corrected chi connectivity index (χ0v) is 17.8. The Bertz CT molecular complexity index is 1350. The van der Waals surface area contributed by atoms with Crippen LogP contribution in [0.1, 0.15) is 18.2 Å². The summed E-state index contributed by atoms with van der Waals surface area (Å²) in [4.78, 5) is 38.6.